The molecule has 1 atom stereocenters. The normalized spacial score (nSPS) is 12.5. The Kier molecular flexibility index (Phi) is 8.59. The van der Waals surface area contributed by atoms with E-state index in [1.165, 1.54) is 11.6 Å². The van der Waals surface area contributed by atoms with Crippen molar-refractivity contribution in [1.82, 2.24) is 0 Å². The average molecular weight is 224 g/mol. The SMILES string of the molecule is C/C=C/C(=O)OCC[C@@H](C)CCC=C(C)C. The van der Waals surface area contributed by atoms with Crippen LogP contribution in [0.1, 0.15) is 47.0 Å². The number of carbonyl (C=O) groups is 1. The van der Waals surface area contributed by atoms with Gasteiger partial charge in [-0.05, 0) is 46.0 Å². The lowest BCUT2D eigenvalue weighted by Gasteiger charge is -2.09. The Labute approximate surface area is 99.4 Å². The Hall–Kier alpha value is -1.05. The predicted octanol–water partition coefficient (Wildman–Crippen LogP) is 3.88. The maximum atomic E-state index is 11.0. The molecule has 0 aliphatic rings. The average Bonchev–Trinajstić information content (AvgIpc) is 2.17. The number of rotatable bonds is 7. The minimum atomic E-state index is -0.237. The van der Waals surface area contributed by atoms with E-state index in [0.29, 0.717) is 12.5 Å². The predicted molar refractivity (Wildman–Crippen MR) is 68.2 cm³/mol. The molecule has 2 nitrogen and oxygen atoms in total. The van der Waals surface area contributed by atoms with Crippen molar-refractivity contribution in [2.45, 2.75) is 47.0 Å². The van der Waals surface area contributed by atoms with Crippen molar-refractivity contribution in [2.24, 2.45) is 5.92 Å². The minimum absolute atomic E-state index is 0.237. The van der Waals surface area contributed by atoms with Gasteiger partial charge in [-0.3, -0.25) is 0 Å². The van der Waals surface area contributed by atoms with Crippen molar-refractivity contribution in [3.8, 4) is 0 Å². The first-order valence-corrected chi connectivity index (χ1v) is 5.99. The zero-order valence-electron chi connectivity index (χ0n) is 11.0. The van der Waals surface area contributed by atoms with Crippen LogP contribution in [0.15, 0.2) is 23.8 Å². The van der Waals surface area contributed by atoms with Crippen molar-refractivity contribution in [2.75, 3.05) is 6.61 Å². The highest BCUT2D eigenvalue weighted by molar-refractivity contribution is 5.81. The Bertz CT molecular complexity index is 247. The van der Waals surface area contributed by atoms with Gasteiger partial charge in [0.1, 0.15) is 0 Å². The third-order valence-electron chi connectivity index (χ3n) is 2.37. The second-order valence-corrected chi connectivity index (χ2v) is 4.42. The second-order valence-electron chi connectivity index (χ2n) is 4.42. The molecule has 0 bridgehead atoms. The van der Waals surface area contributed by atoms with Crippen LogP contribution in [0.4, 0.5) is 0 Å². The van der Waals surface area contributed by atoms with E-state index in [0.717, 1.165) is 19.3 Å². The summed E-state index contributed by atoms with van der Waals surface area (Å²) in [6, 6.07) is 0. The minimum Gasteiger partial charge on any atom is -0.463 e. The number of ether oxygens (including phenoxy) is 1. The van der Waals surface area contributed by atoms with E-state index in [2.05, 4.69) is 26.8 Å². The van der Waals surface area contributed by atoms with Crippen LogP contribution < -0.4 is 0 Å². The molecule has 0 saturated carbocycles. The zero-order valence-corrected chi connectivity index (χ0v) is 11.0. The number of hydrogen-bond donors (Lipinski definition) is 0. The lowest BCUT2D eigenvalue weighted by Crippen LogP contribution is -2.06. The van der Waals surface area contributed by atoms with E-state index in [1.54, 1.807) is 6.08 Å². The van der Waals surface area contributed by atoms with E-state index in [1.807, 2.05) is 6.92 Å². The molecule has 0 aliphatic heterocycles. The summed E-state index contributed by atoms with van der Waals surface area (Å²) >= 11 is 0. The standard InChI is InChI=1S/C14H24O2/c1-5-7-14(15)16-11-10-13(4)9-6-8-12(2)3/h5,7-8,13H,6,9-11H2,1-4H3/b7-5+/t13-/m0/s1. The topological polar surface area (TPSA) is 26.3 Å². The Morgan fingerprint density at radius 2 is 2.00 bits per heavy atom. The highest BCUT2D eigenvalue weighted by atomic mass is 16.5. The van der Waals surface area contributed by atoms with E-state index < -0.39 is 0 Å². The van der Waals surface area contributed by atoms with E-state index in [4.69, 9.17) is 4.74 Å². The van der Waals surface area contributed by atoms with Crippen molar-refractivity contribution < 1.29 is 9.53 Å². The maximum Gasteiger partial charge on any atom is 0.330 e. The molecular weight excluding hydrogens is 200 g/mol. The molecule has 0 aromatic heterocycles. The fraction of sp³-hybridized carbons (Fsp3) is 0.643. The third kappa shape index (κ3) is 9.50. The van der Waals surface area contributed by atoms with Crippen molar-refractivity contribution in [3.63, 3.8) is 0 Å². The van der Waals surface area contributed by atoms with Crippen LogP contribution >= 0.6 is 0 Å². The van der Waals surface area contributed by atoms with Crippen LogP contribution in [0.2, 0.25) is 0 Å². The Morgan fingerprint density at radius 3 is 2.56 bits per heavy atom. The molecule has 0 rings (SSSR count). The fourth-order valence-corrected chi connectivity index (χ4v) is 1.35. The summed E-state index contributed by atoms with van der Waals surface area (Å²) in [6.07, 6.45) is 8.62. The molecule has 92 valence electrons. The van der Waals surface area contributed by atoms with Gasteiger partial charge < -0.3 is 4.74 Å². The smallest absolute Gasteiger partial charge is 0.330 e. The summed E-state index contributed by atoms with van der Waals surface area (Å²) in [7, 11) is 0. The van der Waals surface area contributed by atoms with Crippen LogP contribution in [0, 0.1) is 5.92 Å². The summed E-state index contributed by atoms with van der Waals surface area (Å²) in [4.78, 5) is 11.0. The molecule has 0 amide bonds. The van der Waals surface area contributed by atoms with Gasteiger partial charge in [0.05, 0.1) is 6.61 Å². The van der Waals surface area contributed by atoms with Gasteiger partial charge in [-0.1, -0.05) is 24.6 Å². The first-order valence-electron chi connectivity index (χ1n) is 5.99. The van der Waals surface area contributed by atoms with Crippen LogP contribution in [0.3, 0.4) is 0 Å². The molecular formula is C14H24O2. The molecule has 2 heteroatoms. The van der Waals surface area contributed by atoms with Gasteiger partial charge in [-0.15, -0.1) is 0 Å². The quantitative estimate of drug-likeness (QED) is 0.373. The molecule has 0 unspecified atom stereocenters. The summed E-state index contributed by atoms with van der Waals surface area (Å²) < 4.78 is 5.04. The lowest BCUT2D eigenvalue weighted by molar-refractivity contribution is -0.138. The number of allylic oxidation sites excluding steroid dienone is 3. The first kappa shape index (κ1) is 14.9. The monoisotopic (exact) mass is 224 g/mol. The third-order valence-corrected chi connectivity index (χ3v) is 2.37. The van der Waals surface area contributed by atoms with Crippen LogP contribution in [0.25, 0.3) is 0 Å². The van der Waals surface area contributed by atoms with Crippen molar-refractivity contribution in [3.05, 3.63) is 23.8 Å². The van der Waals surface area contributed by atoms with Gasteiger partial charge in [-0.25, -0.2) is 4.79 Å². The van der Waals surface area contributed by atoms with Gasteiger partial charge in [0.2, 0.25) is 0 Å². The molecule has 0 N–H and O–H groups in total. The van der Waals surface area contributed by atoms with Gasteiger partial charge in [0.15, 0.2) is 0 Å². The van der Waals surface area contributed by atoms with Gasteiger partial charge in [-0.2, -0.15) is 0 Å². The van der Waals surface area contributed by atoms with Crippen LogP contribution in [-0.4, -0.2) is 12.6 Å². The van der Waals surface area contributed by atoms with E-state index in [-0.39, 0.29) is 5.97 Å². The van der Waals surface area contributed by atoms with Crippen LogP contribution in [0.5, 0.6) is 0 Å². The summed E-state index contributed by atoms with van der Waals surface area (Å²) in [5.74, 6) is 0.369. The molecule has 0 radical (unpaired) electrons. The van der Waals surface area contributed by atoms with Gasteiger partial charge in [0.25, 0.3) is 0 Å². The molecule has 0 heterocycles. The number of carbonyl (C=O) groups excluding carboxylic acids is 1. The number of hydrogen-bond acceptors (Lipinski definition) is 2. The van der Waals surface area contributed by atoms with E-state index in [9.17, 15) is 4.79 Å². The van der Waals surface area contributed by atoms with E-state index >= 15 is 0 Å². The largest absolute Gasteiger partial charge is 0.463 e. The van der Waals surface area contributed by atoms with Gasteiger partial charge >= 0.3 is 5.97 Å². The lowest BCUT2D eigenvalue weighted by atomic mass is 10.0. The van der Waals surface area contributed by atoms with Crippen LogP contribution in [-0.2, 0) is 9.53 Å². The molecule has 16 heavy (non-hydrogen) atoms. The number of esters is 1. The molecule has 0 saturated heterocycles. The maximum absolute atomic E-state index is 11.0. The molecule has 0 aliphatic carbocycles. The molecule has 0 aromatic carbocycles. The molecule has 0 spiro atoms. The summed E-state index contributed by atoms with van der Waals surface area (Å²) in [5, 5.41) is 0. The Balaban J connectivity index is 3.54. The van der Waals surface area contributed by atoms with Crippen molar-refractivity contribution >= 4 is 5.97 Å². The molecule has 0 fully saturated rings. The molecule has 0 aromatic rings. The highest BCUT2D eigenvalue weighted by Gasteiger charge is 2.02. The highest BCUT2D eigenvalue weighted by Crippen LogP contribution is 2.11. The summed E-state index contributed by atoms with van der Waals surface area (Å²) in [6.45, 7) is 8.76. The fourth-order valence-electron chi connectivity index (χ4n) is 1.35. The van der Waals surface area contributed by atoms with Gasteiger partial charge in [0, 0.05) is 6.08 Å². The first-order chi connectivity index (χ1) is 7.56. The van der Waals surface area contributed by atoms with Crippen molar-refractivity contribution in [1.29, 1.82) is 0 Å². The zero-order chi connectivity index (χ0) is 12.4. The Morgan fingerprint density at radius 1 is 1.31 bits per heavy atom. The summed E-state index contributed by atoms with van der Waals surface area (Å²) in [5.41, 5.74) is 1.37. The second kappa shape index (κ2) is 9.20.